The standard InChI is InChI=1S/C19H28N4O3/c1-5-17(24)21-16-12-14(6-7-15(16)20)13-22-8-10-23(11-9-22)18(25)26-19(2,3)4/h5-7,12H,1,8-11,13,20H2,2-4H3,(H,21,24). The number of nitrogens with one attached hydrogen (secondary N) is 1. The number of rotatable bonds is 4. The average molecular weight is 360 g/mol. The average Bonchev–Trinajstić information content (AvgIpc) is 2.57. The Kier molecular flexibility index (Phi) is 6.26. The molecule has 0 spiro atoms. The van der Waals surface area contributed by atoms with Gasteiger partial charge in [-0.1, -0.05) is 12.6 Å². The van der Waals surface area contributed by atoms with Gasteiger partial charge >= 0.3 is 6.09 Å². The minimum Gasteiger partial charge on any atom is -0.444 e. The van der Waals surface area contributed by atoms with Crippen LogP contribution in [0.5, 0.6) is 0 Å². The number of carbonyl (C=O) groups excluding carboxylic acids is 2. The van der Waals surface area contributed by atoms with E-state index in [2.05, 4.69) is 16.8 Å². The van der Waals surface area contributed by atoms with Crippen molar-refractivity contribution in [2.45, 2.75) is 32.9 Å². The first-order valence-corrected chi connectivity index (χ1v) is 8.70. The minimum atomic E-state index is -0.482. The normalized spacial score (nSPS) is 15.4. The molecule has 1 aliphatic rings. The molecule has 0 saturated carbocycles. The van der Waals surface area contributed by atoms with Gasteiger partial charge in [0.05, 0.1) is 11.4 Å². The van der Waals surface area contributed by atoms with Crippen LogP contribution >= 0.6 is 0 Å². The molecule has 1 aromatic rings. The molecule has 0 aliphatic carbocycles. The van der Waals surface area contributed by atoms with Crippen LogP contribution in [0.4, 0.5) is 16.2 Å². The number of nitrogens with zero attached hydrogens (tertiary/aromatic N) is 2. The van der Waals surface area contributed by atoms with Crippen LogP contribution in [0.25, 0.3) is 0 Å². The summed E-state index contributed by atoms with van der Waals surface area (Å²) >= 11 is 0. The highest BCUT2D eigenvalue weighted by atomic mass is 16.6. The van der Waals surface area contributed by atoms with Gasteiger partial charge in [0.15, 0.2) is 0 Å². The number of nitrogens with two attached hydrogens (primary N) is 1. The lowest BCUT2D eigenvalue weighted by Gasteiger charge is -2.35. The van der Waals surface area contributed by atoms with Gasteiger partial charge in [0.25, 0.3) is 0 Å². The van der Waals surface area contributed by atoms with Gasteiger partial charge in [0.2, 0.25) is 5.91 Å². The van der Waals surface area contributed by atoms with Gasteiger partial charge in [-0.25, -0.2) is 4.79 Å². The number of carbonyl (C=O) groups is 2. The highest BCUT2D eigenvalue weighted by molar-refractivity contribution is 6.00. The predicted molar refractivity (Wildman–Crippen MR) is 103 cm³/mol. The molecule has 1 aromatic carbocycles. The van der Waals surface area contributed by atoms with E-state index >= 15 is 0 Å². The second kappa shape index (κ2) is 8.23. The van der Waals surface area contributed by atoms with Crippen molar-refractivity contribution in [3.63, 3.8) is 0 Å². The van der Waals surface area contributed by atoms with Crippen LogP contribution in [0.3, 0.4) is 0 Å². The second-order valence-corrected chi connectivity index (χ2v) is 7.36. The Morgan fingerprint density at radius 2 is 1.92 bits per heavy atom. The maximum atomic E-state index is 12.1. The molecular formula is C19H28N4O3. The van der Waals surface area contributed by atoms with Gasteiger partial charge < -0.3 is 20.7 Å². The Morgan fingerprint density at radius 1 is 1.27 bits per heavy atom. The zero-order valence-corrected chi connectivity index (χ0v) is 15.7. The fraction of sp³-hybridized carbons (Fsp3) is 0.474. The first kappa shape index (κ1) is 19.8. The fourth-order valence-electron chi connectivity index (χ4n) is 2.67. The molecule has 0 atom stereocenters. The summed E-state index contributed by atoms with van der Waals surface area (Å²) in [6.07, 6.45) is 0.946. The molecule has 2 rings (SSSR count). The van der Waals surface area contributed by atoms with Crippen LogP contribution in [-0.2, 0) is 16.1 Å². The Hall–Kier alpha value is -2.54. The highest BCUT2D eigenvalue weighted by Crippen LogP contribution is 2.21. The summed E-state index contributed by atoms with van der Waals surface area (Å²) in [5, 5.41) is 2.71. The Labute approximate surface area is 154 Å². The van der Waals surface area contributed by atoms with E-state index in [9.17, 15) is 9.59 Å². The van der Waals surface area contributed by atoms with Gasteiger partial charge in [0.1, 0.15) is 5.60 Å². The highest BCUT2D eigenvalue weighted by Gasteiger charge is 2.25. The monoisotopic (exact) mass is 360 g/mol. The van der Waals surface area contributed by atoms with Crippen LogP contribution in [-0.4, -0.2) is 53.6 Å². The number of benzene rings is 1. The predicted octanol–water partition coefficient (Wildman–Crippen LogP) is 2.45. The first-order valence-electron chi connectivity index (χ1n) is 8.70. The Balaban J connectivity index is 1.91. The Bertz CT molecular complexity index is 674. The summed E-state index contributed by atoms with van der Waals surface area (Å²) in [7, 11) is 0. The van der Waals surface area contributed by atoms with Crippen molar-refractivity contribution >= 4 is 23.4 Å². The number of anilines is 2. The lowest BCUT2D eigenvalue weighted by atomic mass is 10.1. The molecular weight excluding hydrogens is 332 g/mol. The molecule has 142 valence electrons. The summed E-state index contributed by atoms with van der Waals surface area (Å²) in [6.45, 7) is 12.5. The molecule has 1 fully saturated rings. The molecule has 2 amide bonds. The van der Waals surface area contributed by atoms with E-state index in [1.165, 1.54) is 6.08 Å². The van der Waals surface area contributed by atoms with Gasteiger partial charge in [0, 0.05) is 32.7 Å². The molecule has 7 nitrogen and oxygen atoms in total. The van der Waals surface area contributed by atoms with E-state index in [0.717, 1.165) is 25.2 Å². The largest absolute Gasteiger partial charge is 0.444 e. The van der Waals surface area contributed by atoms with E-state index in [4.69, 9.17) is 10.5 Å². The van der Waals surface area contributed by atoms with Crippen molar-refractivity contribution in [1.82, 2.24) is 9.80 Å². The van der Waals surface area contributed by atoms with Crippen LogP contribution in [0.1, 0.15) is 26.3 Å². The van der Waals surface area contributed by atoms with E-state index in [0.29, 0.717) is 24.5 Å². The van der Waals surface area contributed by atoms with Crippen molar-refractivity contribution in [1.29, 1.82) is 0 Å². The molecule has 7 heteroatoms. The zero-order chi connectivity index (χ0) is 19.3. The molecule has 1 heterocycles. The third-order valence-corrected chi connectivity index (χ3v) is 3.99. The summed E-state index contributed by atoms with van der Waals surface area (Å²) in [5.41, 5.74) is 7.57. The fourth-order valence-corrected chi connectivity index (χ4v) is 2.67. The lowest BCUT2D eigenvalue weighted by molar-refractivity contribution is -0.111. The van der Waals surface area contributed by atoms with Gasteiger partial charge in [-0.2, -0.15) is 0 Å². The third kappa shape index (κ3) is 5.77. The third-order valence-electron chi connectivity index (χ3n) is 3.99. The maximum Gasteiger partial charge on any atom is 0.410 e. The molecule has 1 saturated heterocycles. The molecule has 0 unspecified atom stereocenters. The SMILES string of the molecule is C=CC(=O)Nc1cc(CN2CCN(C(=O)OC(C)(C)C)CC2)ccc1N. The molecule has 0 bridgehead atoms. The topological polar surface area (TPSA) is 87.9 Å². The van der Waals surface area contributed by atoms with Gasteiger partial charge in [-0.05, 0) is 44.5 Å². The van der Waals surface area contributed by atoms with Crippen molar-refractivity contribution in [2.75, 3.05) is 37.2 Å². The molecule has 0 aromatic heterocycles. The number of hydrogen-bond donors (Lipinski definition) is 2. The van der Waals surface area contributed by atoms with E-state index in [-0.39, 0.29) is 12.0 Å². The van der Waals surface area contributed by atoms with Crippen LogP contribution in [0.15, 0.2) is 30.9 Å². The molecule has 1 aliphatic heterocycles. The zero-order valence-electron chi connectivity index (χ0n) is 15.7. The lowest BCUT2D eigenvalue weighted by Crippen LogP contribution is -2.49. The molecule has 26 heavy (non-hydrogen) atoms. The van der Waals surface area contributed by atoms with E-state index < -0.39 is 5.60 Å². The van der Waals surface area contributed by atoms with E-state index in [1.807, 2.05) is 32.9 Å². The quantitative estimate of drug-likeness (QED) is 0.636. The number of ether oxygens (including phenoxy) is 1. The first-order chi connectivity index (χ1) is 12.2. The van der Waals surface area contributed by atoms with E-state index in [1.54, 1.807) is 11.0 Å². The summed E-state index contributed by atoms with van der Waals surface area (Å²) < 4.78 is 5.41. The van der Waals surface area contributed by atoms with Crippen molar-refractivity contribution in [2.24, 2.45) is 0 Å². The van der Waals surface area contributed by atoms with Crippen molar-refractivity contribution in [3.8, 4) is 0 Å². The minimum absolute atomic E-state index is 0.265. The smallest absolute Gasteiger partial charge is 0.410 e. The number of hydrogen-bond acceptors (Lipinski definition) is 5. The molecule has 0 radical (unpaired) electrons. The second-order valence-electron chi connectivity index (χ2n) is 7.36. The van der Waals surface area contributed by atoms with Crippen molar-refractivity contribution in [3.05, 3.63) is 36.4 Å². The van der Waals surface area contributed by atoms with Crippen LogP contribution in [0, 0.1) is 0 Å². The van der Waals surface area contributed by atoms with Crippen LogP contribution < -0.4 is 11.1 Å². The van der Waals surface area contributed by atoms with Crippen molar-refractivity contribution < 1.29 is 14.3 Å². The summed E-state index contributed by atoms with van der Waals surface area (Å²) in [5.74, 6) is -0.292. The van der Waals surface area contributed by atoms with Gasteiger partial charge in [-0.3, -0.25) is 9.69 Å². The number of amides is 2. The summed E-state index contributed by atoms with van der Waals surface area (Å²) in [6, 6.07) is 5.60. The number of piperazine rings is 1. The number of nitrogen functional groups attached to an aromatic ring is 1. The van der Waals surface area contributed by atoms with Crippen LogP contribution in [0.2, 0.25) is 0 Å². The summed E-state index contributed by atoms with van der Waals surface area (Å²) in [4.78, 5) is 27.6. The van der Waals surface area contributed by atoms with Gasteiger partial charge in [-0.15, -0.1) is 0 Å². The maximum absolute atomic E-state index is 12.1. The Morgan fingerprint density at radius 3 is 2.50 bits per heavy atom. The molecule has 3 N–H and O–H groups in total.